The number of Topliss-reactive ketones (excluding diaryl/α,β-unsaturated/α-hetero) is 1. The summed E-state index contributed by atoms with van der Waals surface area (Å²) in [5, 5.41) is 0. The van der Waals surface area contributed by atoms with E-state index >= 15 is 0 Å². The van der Waals surface area contributed by atoms with Gasteiger partial charge in [0.05, 0.1) is 18.2 Å². The standard InChI is InChI=1S/C22H25FN2O3/c1-24(2)19-9-5-4-8-17(19)22(27)25-12-6-7-15(14-25)21(26)18-13-16(23)10-11-20(18)28-3/h4-5,8-11,13,15H,6-7,12,14H2,1-3H3/t15-/m0/s1. The van der Waals surface area contributed by atoms with Crippen LogP contribution in [0.3, 0.4) is 0 Å². The van der Waals surface area contributed by atoms with Crippen molar-refractivity contribution in [3.8, 4) is 5.75 Å². The maximum Gasteiger partial charge on any atom is 0.255 e. The van der Waals surface area contributed by atoms with Gasteiger partial charge in [0.25, 0.3) is 5.91 Å². The fourth-order valence-electron chi connectivity index (χ4n) is 3.68. The third-order valence-electron chi connectivity index (χ3n) is 5.12. The summed E-state index contributed by atoms with van der Waals surface area (Å²) < 4.78 is 18.9. The average molecular weight is 384 g/mol. The van der Waals surface area contributed by atoms with Crippen LogP contribution in [-0.2, 0) is 0 Å². The molecular formula is C22H25FN2O3. The molecule has 0 aliphatic carbocycles. The van der Waals surface area contributed by atoms with Crippen molar-refractivity contribution in [3.05, 3.63) is 59.4 Å². The van der Waals surface area contributed by atoms with Gasteiger partial charge in [-0.05, 0) is 43.2 Å². The molecule has 0 radical (unpaired) electrons. The molecule has 1 aliphatic rings. The number of amides is 1. The Morgan fingerprint density at radius 2 is 1.89 bits per heavy atom. The maximum atomic E-state index is 13.7. The molecule has 1 heterocycles. The van der Waals surface area contributed by atoms with Crippen LogP contribution in [0.5, 0.6) is 5.75 Å². The smallest absolute Gasteiger partial charge is 0.255 e. The molecule has 3 rings (SSSR count). The van der Waals surface area contributed by atoms with Crippen molar-refractivity contribution in [2.45, 2.75) is 12.8 Å². The first-order valence-electron chi connectivity index (χ1n) is 9.35. The molecule has 0 aromatic heterocycles. The summed E-state index contributed by atoms with van der Waals surface area (Å²) in [5.41, 5.74) is 1.69. The minimum absolute atomic E-state index is 0.0898. The lowest BCUT2D eigenvalue weighted by molar-refractivity contribution is 0.0636. The van der Waals surface area contributed by atoms with Gasteiger partial charge in [0.2, 0.25) is 0 Å². The van der Waals surface area contributed by atoms with Crippen LogP contribution in [0.15, 0.2) is 42.5 Å². The van der Waals surface area contributed by atoms with E-state index in [2.05, 4.69) is 0 Å². The number of carbonyl (C=O) groups excluding carboxylic acids is 2. The van der Waals surface area contributed by atoms with Gasteiger partial charge >= 0.3 is 0 Å². The van der Waals surface area contributed by atoms with E-state index < -0.39 is 5.82 Å². The third-order valence-corrected chi connectivity index (χ3v) is 5.12. The number of hydrogen-bond donors (Lipinski definition) is 0. The minimum atomic E-state index is -0.479. The number of hydrogen-bond acceptors (Lipinski definition) is 4. The first-order valence-corrected chi connectivity index (χ1v) is 9.35. The summed E-state index contributed by atoms with van der Waals surface area (Å²) in [6, 6.07) is 11.4. The number of halogens is 1. The number of benzene rings is 2. The Kier molecular flexibility index (Phi) is 5.97. The van der Waals surface area contributed by atoms with Crippen LogP contribution < -0.4 is 9.64 Å². The zero-order valence-electron chi connectivity index (χ0n) is 16.4. The van der Waals surface area contributed by atoms with Gasteiger partial charge in [-0.15, -0.1) is 0 Å². The lowest BCUT2D eigenvalue weighted by atomic mass is 9.89. The Morgan fingerprint density at radius 1 is 1.14 bits per heavy atom. The molecular weight excluding hydrogens is 359 g/mol. The average Bonchev–Trinajstić information content (AvgIpc) is 2.72. The number of methoxy groups -OCH3 is 1. The van der Waals surface area contributed by atoms with E-state index in [9.17, 15) is 14.0 Å². The van der Waals surface area contributed by atoms with Gasteiger partial charge in [-0.3, -0.25) is 9.59 Å². The molecule has 0 saturated carbocycles. The van der Waals surface area contributed by atoms with Gasteiger partial charge in [-0.25, -0.2) is 4.39 Å². The van der Waals surface area contributed by atoms with Crippen molar-refractivity contribution in [1.29, 1.82) is 0 Å². The number of ketones is 1. The molecule has 6 heteroatoms. The molecule has 1 aliphatic heterocycles. The monoisotopic (exact) mass is 384 g/mol. The summed E-state index contributed by atoms with van der Waals surface area (Å²) in [6.07, 6.45) is 1.39. The fourth-order valence-corrected chi connectivity index (χ4v) is 3.68. The molecule has 2 aromatic rings. The van der Waals surface area contributed by atoms with Crippen LogP contribution >= 0.6 is 0 Å². The quantitative estimate of drug-likeness (QED) is 0.739. The van der Waals surface area contributed by atoms with Crippen molar-refractivity contribution < 1.29 is 18.7 Å². The SMILES string of the molecule is COc1ccc(F)cc1C(=O)[C@H]1CCCN(C(=O)c2ccccc2N(C)C)C1. The van der Waals surface area contributed by atoms with Crippen LogP contribution in [0.1, 0.15) is 33.6 Å². The number of para-hydroxylation sites is 1. The Morgan fingerprint density at radius 3 is 2.61 bits per heavy atom. The molecule has 28 heavy (non-hydrogen) atoms. The van der Waals surface area contributed by atoms with Crippen LogP contribution in [0.2, 0.25) is 0 Å². The van der Waals surface area contributed by atoms with Crippen molar-refractivity contribution >= 4 is 17.4 Å². The molecule has 1 atom stereocenters. The van der Waals surface area contributed by atoms with Gasteiger partial charge in [-0.1, -0.05) is 12.1 Å². The van der Waals surface area contributed by atoms with E-state index in [1.165, 1.54) is 25.3 Å². The zero-order valence-corrected chi connectivity index (χ0v) is 16.4. The Labute approximate surface area is 164 Å². The second-order valence-electron chi connectivity index (χ2n) is 7.21. The lowest BCUT2D eigenvalue weighted by Crippen LogP contribution is -2.42. The normalized spacial score (nSPS) is 16.6. The first kappa shape index (κ1) is 19.9. The Balaban J connectivity index is 1.82. The predicted octanol–water partition coefficient (Wildman–Crippen LogP) is 3.64. The maximum absolute atomic E-state index is 13.7. The molecule has 1 fully saturated rings. The summed E-state index contributed by atoms with van der Waals surface area (Å²) in [6.45, 7) is 0.920. The molecule has 0 bridgehead atoms. The summed E-state index contributed by atoms with van der Waals surface area (Å²) in [4.78, 5) is 29.8. The molecule has 0 N–H and O–H groups in total. The summed E-state index contributed by atoms with van der Waals surface area (Å²) in [5.74, 6) is -0.775. The van der Waals surface area contributed by atoms with Gasteiger partial charge in [0.1, 0.15) is 11.6 Å². The number of rotatable bonds is 5. The molecule has 0 spiro atoms. The molecule has 0 unspecified atom stereocenters. The summed E-state index contributed by atoms with van der Waals surface area (Å²) >= 11 is 0. The predicted molar refractivity (Wildman–Crippen MR) is 107 cm³/mol. The number of nitrogens with zero attached hydrogens (tertiary/aromatic N) is 2. The van der Waals surface area contributed by atoms with Crippen LogP contribution in [0, 0.1) is 11.7 Å². The summed E-state index contributed by atoms with van der Waals surface area (Å²) in [7, 11) is 5.24. The van der Waals surface area contributed by atoms with E-state index in [1.54, 1.807) is 11.0 Å². The highest BCUT2D eigenvalue weighted by atomic mass is 19.1. The van der Waals surface area contributed by atoms with Crippen LogP contribution in [0.25, 0.3) is 0 Å². The lowest BCUT2D eigenvalue weighted by Gasteiger charge is -2.33. The van der Waals surface area contributed by atoms with Crippen LogP contribution in [0.4, 0.5) is 10.1 Å². The van der Waals surface area contributed by atoms with E-state index in [0.717, 1.165) is 12.1 Å². The van der Waals surface area contributed by atoms with Crippen LogP contribution in [-0.4, -0.2) is 50.9 Å². The van der Waals surface area contributed by atoms with Gasteiger partial charge in [-0.2, -0.15) is 0 Å². The van der Waals surface area contributed by atoms with Gasteiger partial charge < -0.3 is 14.5 Å². The highest BCUT2D eigenvalue weighted by molar-refractivity contribution is 6.02. The van der Waals surface area contributed by atoms with E-state index in [1.807, 2.05) is 37.2 Å². The number of likely N-dealkylation sites (tertiary alicyclic amines) is 1. The highest BCUT2D eigenvalue weighted by Crippen LogP contribution is 2.28. The van der Waals surface area contributed by atoms with Crippen molar-refractivity contribution in [1.82, 2.24) is 4.90 Å². The van der Waals surface area contributed by atoms with E-state index in [-0.39, 0.29) is 23.2 Å². The second-order valence-corrected chi connectivity index (χ2v) is 7.21. The van der Waals surface area contributed by atoms with Gasteiger partial charge in [0.15, 0.2) is 5.78 Å². The number of ether oxygens (including phenoxy) is 1. The fraction of sp³-hybridized carbons (Fsp3) is 0.364. The zero-order chi connectivity index (χ0) is 20.3. The minimum Gasteiger partial charge on any atom is -0.496 e. The van der Waals surface area contributed by atoms with E-state index in [0.29, 0.717) is 30.8 Å². The first-order chi connectivity index (χ1) is 13.4. The van der Waals surface area contributed by atoms with Gasteiger partial charge in [0, 0.05) is 38.8 Å². The van der Waals surface area contributed by atoms with E-state index in [4.69, 9.17) is 4.74 Å². The number of carbonyl (C=O) groups is 2. The number of piperidine rings is 1. The molecule has 1 saturated heterocycles. The topological polar surface area (TPSA) is 49.9 Å². The largest absolute Gasteiger partial charge is 0.496 e. The van der Waals surface area contributed by atoms with Crippen molar-refractivity contribution in [3.63, 3.8) is 0 Å². The van der Waals surface area contributed by atoms with Crippen molar-refractivity contribution in [2.24, 2.45) is 5.92 Å². The molecule has 2 aromatic carbocycles. The van der Waals surface area contributed by atoms with Crippen molar-refractivity contribution in [2.75, 3.05) is 39.2 Å². The Hall–Kier alpha value is -2.89. The molecule has 5 nitrogen and oxygen atoms in total. The second kappa shape index (κ2) is 8.42. The third kappa shape index (κ3) is 4.01. The number of anilines is 1. The molecule has 148 valence electrons. The Bertz CT molecular complexity index is 882. The molecule has 1 amide bonds. The highest BCUT2D eigenvalue weighted by Gasteiger charge is 2.31.